The predicted octanol–water partition coefficient (Wildman–Crippen LogP) is 3.15. The molecule has 0 atom stereocenters. The van der Waals surface area contributed by atoms with Crippen molar-refractivity contribution < 1.29 is 14.3 Å². The van der Waals surface area contributed by atoms with E-state index in [-0.39, 0.29) is 0 Å². The molecule has 4 rings (SSSR count). The minimum absolute atomic E-state index is 0.423. The maximum absolute atomic E-state index is 12.2. The number of aromatic nitrogens is 3. The molecule has 1 aromatic carbocycles. The van der Waals surface area contributed by atoms with Crippen LogP contribution in [0.25, 0.3) is 16.8 Å². The number of alkyl carbamates (subject to hydrolysis) is 1. The van der Waals surface area contributed by atoms with Gasteiger partial charge in [-0.3, -0.25) is 0 Å². The van der Waals surface area contributed by atoms with Crippen molar-refractivity contribution in [2.45, 2.75) is 31.9 Å². The van der Waals surface area contributed by atoms with Gasteiger partial charge >= 0.3 is 6.09 Å². The average Bonchev–Trinajstić information content (AvgIpc) is 3.04. The van der Waals surface area contributed by atoms with Crippen LogP contribution in [0.1, 0.15) is 26.3 Å². The van der Waals surface area contributed by atoms with Gasteiger partial charge in [-0.05, 0) is 31.9 Å². The van der Waals surface area contributed by atoms with E-state index in [2.05, 4.69) is 15.4 Å². The Morgan fingerprint density at radius 2 is 1.93 bits per heavy atom. The van der Waals surface area contributed by atoms with Crippen molar-refractivity contribution in [2.75, 3.05) is 13.2 Å². The monoisotopic (exact) mass is 366 g/mol. The van der Waals surface area contributed by atoms with E-state index in [1.54, 1.807) is 10.7 Å². The largest absolute Gasteiger partial charge is 0.444 e. The Bertz CT molecular complexity index is 969. The molecule has 0 spiro atoms. The molecule has 1 fully saturated rings. The van der Waals surface area contributed by atoms with Crippen molar-refractivity contribution >= 4 is 11.7 Å². The molecule has 7 nitrogen and oxygen atoms in total. The molecule has 1 saturated heterocycles. The van der Waals surface area contributed by atoms with Gasteiger partial charge < -0.3 is 14.8 Å². The molecule has 0 aliphatic carbocycles. The third-order valence-electron chi connectivity index (χ3n) is 4.45. The summed E-state index contributed by atoms with van der Waals surface area (Å²) in [4.78, 5) is 16.6. The molecule has 1 N–H and O–H groups in total. The number of benzene rings is 1. The van der Waals surface area contributed by atoms with Gasteiger partial charge in [-0.2, -0.15) is 5.10 Å². The van der Waals surface area contributed by atoms with Crippen LogP contribution < -0.4 is 5.32 Å². The Morgan fingerprint density at radius 1 is 1.19 bits per heavy atom. The Hall–Kier alpha value is -2.93. The molecule has 140 valence electrons. The van der Waals surface area contributed by atoms with E-state index in [0.717, 1.165) is 22.3 Å². The normalized spacial score (nSPS) is 16.0. The number of hydrogen-bond acceptors (Lipinski definition) is 5. The van der Waals surface area contributed by atoms with Gasteiger partial charge in [0, 0.05) is 24.0 Å². The molecule has 3 aromatic rings. The summed E-state index contributed by atoms with van der Waals surface area (Å²) in [5, 5.41) is 7.19. The molecule has 0 unspecified atom stereocenters. The van der Waals surface area contributed by atoms with Gasteiger partial charge in [0.25, 0.3) is 0 Å². The molecule has 0 saturated carbocycles. The van der Waals surface area contributed by atoms with E-state index in [1.807, 2.05) is 63.5 Å². The van der Waals surface area contributed by atoms with Gasteiger partial charge in [-0.25, -0.2) is 14.3 Å². The second kappa shape index (κ2) is 6.35. The van der Waals surface area contributed by atoms with Gasteiger partial charge in [0.15, 0.2) is 5.65 Å². The zero-order valence-corrected chi connectivity index (χ0v) is 15.6. The van der Waals surface area contributed by atoms with Crippen molar-refractivity contribution in [2.24, 2.45) is 0 Å². The van der Waals surface area contributed by atoms with Crippen molar-refractivity contribution in [3.8, 4) is 11.1 Å². The number of hydrogen-bond donors (Lipinski definition) is 1. The fraction of sp³-hybridized carbons (Fsp3) is 0.350. The summed E-state index contributed by atoms with van der Waals surface area (Å²) in [6, 6.07) is 9.89. The maximum atomic E-state index is 12.2. The third-order valence-corrected chi connectivity index (χ3v) is 4.45. The lowest BCUT2D eigenvalue weighted by Crippen LogP contribution is -2.60. The first-order chi connectivity index (χ1) is 12.8. The van der Waals surface area contributed by atoms with Gasteiger partial charge in [0.2, 0.25) is 0 Å². The topological polar surface area (TPSA) is 77.8 Å². The Morgan fingerprint density at radius 3 is 2.56 bits per heavy atom. The molecule has 0 bridgehead atoms. The van der Waals surface area contributed by atoms with Gasteiger partial charge in [0.05, 0.1) is 19.4 Å². The summed E-state index contributed by atoms with van der Waals surface area (Å²) in [5.41, 5.74) is 2.69. The predicted molar refractivity (Wildman–Crippen MR) is 100 cm³/mol. The number of carbonyl (C=O) groups is 1. The minimum Gasteiger partial charge on any atom is -0.444 e. The zero-order chi connectivity index (χ0) is 19.1. The summed E-state index contributed by atoms with van der Waals surface area (Å²) >= 11 is 0. The number of fused-ring (bicyclic) bond motifs is 1. The van der Waals surface area contributed by atoms with Crippen LogP contribution in [-0.2, 0) is 15.0 Å². The number of amides is 1. The van der Waals surface area contributed by atoms with E-state index >= 15 is 0 Å². The lowest BCUT2D eigenvalue weighted by atomic mass is 9.87. The molecular formula is C20H22N4O3. The summed E-state index contributed by atoms with van der Waals surface area (Å²) in [6.07, 6.45) is 5.05. The first kappa shape index (κ1) is 17.5. The number of ether oxygens (including phenoxy) is 2. The number of carbonyl (C=O) groups excluding carboxylic acids is 1. The van der Waals surface area contributed by atoms with E-state index in [0.29, 0.717) is 13.2 Å². The Kier molecular flexibility index (Phi) is 4.11. The highest BCUT2D eigenvalue weighted by Gasteiger charge is 2.42. The SMILES string of the molecule is CC(C)(C)OC(=O)NC1(c2ccc(-c3cnc4ccnn4c3)cc2)COC1. The van der Waals surface area contributed by atoms with Crippen LogP contribution in [0.15, 0.2) is 48.9 Å². The first-order valence-corrected chi connectivity index (χ1v) is 8.84. The molecule has 0 radical (unpaired) electrons. The molecule has 3 heterocycles. The van der Waals surface area contributed by atoms with E-state index in [4.69, 9.17) is 9.47 Å². The fourth-order valence-electron chi connectivity index (χ4n) is 3.06. The standard InChI is InChI=1S/C20H22N4O3/c1-19(2,3)27-18(25)23-20(12-26-13-20)16-6-4-14(5-7-16)15-10-21-17-8-9-22-24(17)11-15/h4-11H,12-13H2,1-3H3,(H,23,25). The highest BCUT2D eigenvalue weighted by molar-refractivity contribution is 5.70. The Balaban J connectivity index is 1.55. The molecule has 1 amide bonds. The molecule has 2 aromatic heterocycles. The van der Waals surface area contributed by atoms with Crippen molar-refractivity contribution in [1.82, 2.24) is 19.9 Å². The Labute approximate surface area is 157 Å². The van der Waals surface area contributed by atoms with Crippen LogP contribution in [0.4, 0.5) is 4.79 Å². The highest BCUT2D eigenvalue weighted by atomic mass is 16.6. The average molecular weight is 366 g/mol. The molecular weight excluding hydrogens is 344 g/mol. The van der Waals surface area contributed by atoms with Crippen LogP contribution in [-0.4, -0.2) is 39.5 Å². The molecule has 1 aliphatic rings. The van der Waals surface area contributed by atoms with E-state index in [9.17, 15) is 4.79 Å². The fourth-order valence-corrected chi connectivity index (χ4v) is 3.06. The lowest BCUT2D eigenvalue weighted by Gasteiger charge is -2.42. The van der Waals surface area contributed by atoms with Crippen LogP contribution in [0, 0.1) is 0 Å². The van der Waals surface area contributed by atoms with Gasteiger partial charge in [-0.15, -0.1) is 0 Å². The lowest BCUT2D eigenvalue weighted by molar-refractivity contribution is -0.0797. The van der Waals surface area contributed by atoms with Gasteiger partial charge in [0.1, 0.15) is 11.1 Å². The molecule has 27 heavy (non-hydrogen) atoms. The van der Waals surface area contributed by atoms with Crippen molar-refractivity contribution in [3.05, 3.63) is 54.5 Å². The number of nitrogens with one attached hydrogen (secondary N) is 1. The van der Waals surface area contributed by atoms with Crippen LogP contribution >= 0.6 is 0 Å². The first-order valence-electron chi connectivity index (χ1n) is 8.84. The second-order valence-electron chi connectivity index (χ2n) is 7.76. The summed E-state index contributed by atoms with van der Waals surface area (Å²) in [6.45, 7) is 6.38. The maximum Gasteiger partial charge on any atom is 0.408 e. The molecule has 7 heteroatoms. The highest BCUT2D eigenvalue weighted by Crippen LogP contribution is 2.31. The quantitative estimate of drug-likeness (QED) is 0.770. The molecule has 1 aliphatic heterocycles. The number of nitrogens with zero attached hydrogens (tertiary/aromatic N) is 3. The summed E-state index contributed by atoms with van der Waals surface area (Å²) < 4.78 is 12.5. The minimum atomic E-state index is -0.551. The van der Waals surface area contributed by atoms with Gasteiger partial charge in [-0.1, -0.05) is 24.3 Å². The van der Waals surface area contributed by atoms with Crippen molar-refractivity contribution in [3.63, 3.8) is 0 Å². The van der Waals surface area contributed by atoms with Crippen molar-refractivity contribution in [1.29, 1.82) is 0 Å². The smallest absolute Gasteiger partial charge is 0.408 e. The van der Waals surface area contributed by atoms with Crippen LogP contribution in [0.2, 0.25) is 0 Å². The van der Waals surface area contributed by atoms with E-state index in [1.165, 1.54) is 0 Å². The number of rotatable bonds is 3. The van der Waals surface area contributed by atoms with Crippen LogP contribution in [0.5, 0.6) is 0 Å². The van der Waals surface area contributed by atoms with E-state index < -0.39 is 17.2 Å². The summed E-state index contributed by atoms with van der Waals surface area (Å²) in [5.74, 6) is 0. The second-order valence-corrected chi connectivity index (χ2v) is 7.76. The third kappa shape index (κ3) is 3.50. The zero-order valence-electron chi connectivity index (χ0n) is 15.6. The van der Waals surface area contributed by atoms with Crippen LogP contribution in [0.3, 0.4) is 0 Å². The summed E-state index contributed by atoms with van der Waals surface area (Å²) in [7, 11) is 0.